The molecule has 4 aromatic heterocycles. The van der Waals surface area contributed by atoms with Gasteiger partial charge in [0.2, 0.25) is 5.89 Å². The summed E-state index contributed by atoms with van der Waals surface area (Å²) in [7, 11) is 0. The zero-order valence-electron chi connectivity index (χ0n) is 14.3. The van der Waals surface area contributed by atoms with Gasteiger partial charge in [0, 0.05) is 30.8 Å². The van der Waals surface area contributed by atoms with Gasteiger partial charge >= 0.3 is 6.01 Å². The third-order valence-corrected chi connectivity index (χ3v) is 5.60. The summed E-state index contributed by atoms with van der Waals surface area (Å²) in [6.07, 6.45) is 6.70. The average molecular weight is 382 g/mol. The Bertz CT molecular complexity index is 1140. The number of pyridine rings is 1. The molecule has 0 unspecified atom stereocenters. The van der Waals surface area contributed by atoms with Crippen LogP contribution in [0.15, 0.2) is 35.1 Å². The van der Waals surface area contributed by atoms with Crippen LogP contribution >= 0.6 is 11.6 Å². The van der Waals surface area contributed by atoms with Crippen molar-refractivity contribution in [3.8, 4) is 0 Å². The summed E-state index contributed by atoms with van der Waals surface area (Å²) < 4.78 is 7.79. The van der Waals surface area contributed by atoms with Crippen molar-refractivity contribution in [2.75, 3.05) is 11.4 Å². The highest BCUT2D eigenvalue weighted by molar-refractivity contribution is 6.33. The summed E-state index contributed by atoms with van der Waals surface area (Å²) in [5.74, 6) is 1.15. The fraction of sp³-hybridized carbons (Fsp3) is 0.333. The molecule has 0 spiro atoms. The van der Waals surface area contributed by atoms with Gasteiger partial charge in [-0.2, -0.15) is 5.10 Å². The molecule has 4 aromatic rings. The summed E-state index contributed by atoms with van der Waals surface area (Å²) in [6.45, 7) is 0.744. The quantitative estimate of drug-likeness (QED) is 0.586. The van der Waals surface area contributed by atoms with Crippen molar-refractivity contribution in [3.05, 3.63) is 58.7 Å². The summed E-state index contributed by atoms with van der Waals surface area (Å²) in [4.78, 5) is 9.91. The molecule has 136 valence electrons. The smallest absolute Gasteiger partial charge is 0.319 e. The van der Waals surface area contributed by atoms with Gasteiger partial charge in [0.25, 0.3) is 0 Å². The summed E-state index contributed by atoms with van der Waals surface area (Å²) in [5.41, 5.74) is 3.76. The number of aromatic nitrogens is 6. The molecule has 1 saturated carbocycles. The van der Waals surface area contributed by atoms with E-state index in [1.54, 1.807) is 10.8 Å². The number of rotatable bonds is 3. The molecule has 0 radical (unpaired) electrons. The molecule has 0 aromatic carbocycles. The van der Waals surface area contributed by atoms with E-state index in [2.05, 4.69) is 25.1 Å². The summed E-state index contributed by atoms with van der Waals surface area (Å²) in [6, 6.07) is 6.06. The number of H-pyrrole nitrogens is 1. The molecule has 1 N–H and O–H groups in total. The Balaban J connectivity index is 1.49. The molecule has 6 rings (SSSR count). The van der Waals surface area contributed by atoms with E-state index in [0.29, 0.717) is 17.0 Å². The van der Waals surface area contributed by atoms with Crippen LogP contribution in [-0.4, -0.2) is 36.3 Å². The van der Waals surface area contributed by atoms with Gasteiger partial charge in [-0.1, -0.05) is 16.7 Å². The van der Waals surface area contributed by atoms with E-state index < -0.39 is 0 Å². The van der Waals surface area contributed by atoms with Gasteiger partial charge in [0.15, 0.2) is 0 Å². The van der Waals surface area contributed by atoms with Crippen LogP contribution in [0.2, 0.25) is 5.02 Å². The third-order valence-electron chi connectivity index (χ3n) is 5.28. The first-order chi connectivity index (χ1) is 13.3. The van der Waals surface area contributed by atoms with Crippen molar-refractivity contribution in [2.45, 2.75) is 31.2 Å². The number of nitrogens with zero attached hydrogens (tertiary/aromatic N) is 6. The zero-order valence-corrected chi connectivity index (χ0v) is 15.1. The van der Waals surface area contributed by atoms with Gasteiger partial charge in [-0.05, 0) is 31.0 Å². The number of fused-ring (bicyclic) bond motifs is 2. The summed E-state index contributed by atoms with van der Waals surface area (Å²) in [5, 5.41) is 14.0. The van der Waals surface area contributed by atoms with Crippen LogP contribution in [0.3, 0.4) is 0 Å². The Morgan fingerprint density at radius 1 is 1.26 bits per heavy atom. The second-order valence-electron chi connectivity index (χ2n) is 7.06. The number of nitrogens with one attached hydrogen (secondary N) is 1. The highest BCUT2D eigenvalue weighted by Gasteiger charge is 2.37. The number of hydrogen-bond donors (Lipinski definition) is 1. The SMILES string of the molecule is Clc1cccn2nc([C@H]3c4nc[nH]c4CCN3c3nnc(C4CC4)o3)cc12. The summed E-state index contributed by atoms with van der Waals surface area (Å²) >= 11 is 6.35. The normalized spacial score (nSPS) is 19.6. The van der Waals surface area contributed by atoms with Crippen LogP contribution in [0.5, 0.6) is 0 Å². The lowest BCUT2D eigenvalue weighted by molar-refractivity contribution is 0.463. The van der Waals surface area contributed by atoms with Crippen molar-refractivity contribution >= 4 is 23.1 Å². The highest BCUT2D eigenvalue weighted by atomic mass is 35.5. The Morgan fingerprint density at radius 3 is 3.04 bits per heavy atom. The molecule has 9 heteroatoms. The molecule has 1 aliphatic carbocycles. The van der Waals surface area contributed by atoms with E-state index >= 15 is 0 Å². The average Bonchev–Trinajstić information content (AvgIpc) is 3.11. The van der Waals surface area contributed by atoms with Crippen LogP contribution in [0.4, 0.5) is 6.01 Å². The molecule has 2 aliphatic rings. The predicted molar refractivity (Wildman–Crippen MR) is 98.0 cm³/mol. The van der Waals surface area contributed by atoms with Crippen LogP contribution in [-0.2, 0) is 6.42 Å². The first kappa shape index (κ1) is 15.2. The number of aromatic amines is 1. The minimum Gasteiger partial charge on any atom is -0.408 e. The van der Waals surface area contributed by atoms with Gasteiger partial charge in [-0.3, -0.25) is 0 Å². The van der Waals surface area contributed by atoms with Gasteiger partial charge < -0.3 is 14.3 Å². The van der Waals surface area contributed by atoms with Gasteiger partial charge in [-0.15, -0.1) is 5.10 Å². The second kappa shape index (κ2) is 5.56. The predicted octanol–water partition coefficient (Wildman–Crippen LogP) is 3.12. The van der Waals surface area contributed by atoms with Crippen molar-refractivity contribution in [2.24, 2.45) is 0 Å². The van der Waals surface area contributed by atoms with Crippen LogP contribution in [0.25, 0.3) is 5.52 Å². The monoisotopic (exact) mass is 381 g/mol. The van der Waals surface area contributed by atoms with E-state index in [0.717, 1.165) is 54.3 Å². The number of imidazole rings is 1. The van der Waals surface area contributed by atoms with Gasteiger partial charge in [0.05, 0.1) is 28.3 Å². The van der Waals surface area contributed by atoms with Gasteiger partial charge in [-0.25, -0.2) is 9.50 Å². The molecule has 1 atom stereocenters. The molecule has 0 saturated heterocycles. The molecule has 8 nitrogen and oxygen atoms in total. The molecular formula is C18H16ClN7O. The minimum absolute atomic E-state index is 0.205. The highest BCUT2D eigenvalue weighted by Crippen LogP contribution is 2.42. The number of hydrogen-bond acceptors (Lipinski definition) is 6. The van der Waals surface area contributed by atoms with Crippen molar-refractivity contribution < 1.29 is 4.42 Å². The molecule has 1 fully saturated rings. The van der Waals surface area contributed by atoms with Crippen molar-refractivity contribution in [1.29, 1.82) is 0 Å². The Hall–Kier alpha value is -2.87. The Labute approximate surface area is 159 Å². The van der Waals surface area contributed by atoms with Crippen LogP contribution in [0, 0.1) is 0 Å². The van der Waals surface area contributed by atoms with Crippen molar-refractivity contribution in [3.63, 3.8) is 0 Å². The number of anilines is 1. The van der Waals surface area contributed by atoms with Crippen LogP contribution in [0.1, 0.15) is 47.8 Å². The molecule has 0 bridgehead atoms. The first-order valence-electron chi connectivity index (χ1n) is 9.04. The van der Waals surface area contributed by atoms with E-state index in [4.69, 9.17) is 21.1 Å². The topological polar surface area (TPSA) is 88.1 Å². The van der Waals surface area contributed by atoms with E-state index in [1.807, 2.05) is 24.4 Å². The Morgan fingerprint density at radius 2 is 2.19 bits per heavy atom. The lowest BCUT2D eigenvalue weighted by atomic mass is 10.0. The van der Waals surface area contributed by atoms with E-state index in [9.17, 15) is 0 Å². The van der Waals surface area contributed by atoms with E-state index in [-0.39, 0.29) is 6.04 Å². The lowest BCUT2D eigenvalue weighted by Gasteiger charge is -2.32. The largest absolute Gasteiger partial charge is 0.408 e. The maximum absolute atomic E-state index is 6.35. The van der Waals surface area contributed by atoms with Crippen LogP contribution < -0.4 is 4.90 Å². The first-order valence-corrected chi connectivity index (χ1v) is 9.42. The van der Waals surface area contributed by atoms with Gasteiger partial charge in [0.1, 0.15) is 6.04 Å². The molecule has 5 heterocycles. The minimum atomic E-state index is -0.205. The Kier molecular flexibility index (Phi) is 3.13. The van der Waals surface area contributed by atoms with E-state index in [1.165, 1.54) is 0 Å². The third kappa shape index (κ3) is 2.36. The molecular weight excluding hydrogens is 366 g/mol. The second-order valence-corrected chi connectivity index (χ2v) is 7.47. The fourth-order valence-electron chi connectivity index (χ4n) is 3.75. The van der Waals surface area contributed by atoms with Crippen molar-refractivity contribution in [1.82, 2.24) is 29.8 Å². The maximum atomic E-state index is 6.35. The lowest BCUT2D eigenvalue weighted by Crippen LogP contribution is -2.36. The number of halogens is 1. The molecule has 27 heavy (non-hydrogen) atoms. The fourth-order valence-corrected chi connectivity index (χ4v) is 3.97. The molecule has 1 aliphatic heterocycles. The molecule has 0 amide bonds. The standard InChI is InChI=1S/C18H16ClN7O/c19-11-2-1-6-26-14(11)8-13(24-26)16-15-12(20-9-21-15)5-7-25(16)18-23-22-17(27-18)10-3-4-10/h1-2,6,8-10,16H,3-5,7H2,(H,20,21)/t16-/m0/s1. The maximum Gasteiger partial charge on any atom is 0.319 e. The zero-order chi connectivity index (χ0) is 18.0.